The second-order valence-corrected chi connectivity index (χ2v) is 4.25. The molecule has 0 bridgehead atoms. The number of nitrogens with zero attached hydrogens (tertiary/aromatic N) is 2. The van der Waals surface area contributed by atoms with Crippen LogP contribution in [0.25, 0.3) is 5.69 Å². The van der Waals surface area contributed by atoms with E-state index in [1.165, 1.54) is 13.2 Å². The number of hydrogen-bond acceptors (Lipinski definition) is 3. The smallest absolute Gasteiger partial charge is 0.167 e. The first kappa shape index (κ1) is 11.2. The average molecular weight is 247 g/mol. The molecule has 0 amide bonds. The second kappa shape index (κ2) is 4.42. The average Bonchev–Trinajstić information content (AvgIpc) is 2.82. The highest BCUT2D eigenvalue weighted by Crippen LogP contribution is 2.23. The molecule has 94 valence electrons. The molecule has 1 aromatic heterocycles. The van der Waals surface area contributed by atoms with Crippen LogP contribution in [-0.2, 0) is 13.0 Å². The molecule has 0 radical (unpaired) electrons. The highest BCUT2D eigenvalue weighted by molar-refractivity contribution is 5.41. The number of methoxy groups -OCH3 is 1. The fraction of sp³-hybridized carbons (Fsp3) is 0.308. The molecule has 5 heteroatoms. The second-order valence-electron chi connectivity index (χ2n) is 4.25. The van der Waals surface area contributed by atoms with E-state index in [1.807, 2.05) is 10.6 Å². The van der Waals surface area contributed by atoms with E-state index >= 15 is 0 Å². The van der Waals surface area contributed by atoms with Crippen LogP contribution in [0.5, 0.6) is 5.75 Å². The molecule has 4 nitrogen and oxygen atoms in total. The zero-order valence-corrected chi connectivity index (χ0v) is 10.1. The van der Waals surface area contributed by atoms with Gasteiger partial charge in [-0.3, -0.25) is 0 Å². The Morgan fingerprint density at radius 2 is 2.33 bits per heavy atom. The summed E-state index contributed by atoms with van der Waals surface area (Å²) in [6.07, 6.45) is 2.65. The first-order valence-electron chi connectivity index (χ1n) is 5.89. The normalized spacial score (nSPS) is 14.3. The van der Waals surface area contributed by atoms with Gasteiger partial charge in [-0.05, 0) is 12.1 Å². The van der Waals surface area contributed by atoms with Gasteiger partial charge >= 0.3 is 0 Å². The minimum Gasteiger partial charge on any atom is -0.494 e. The van der Waals surface area contributed by atoms with Crippen LogP contribution in [0.1, 0.15) is 11.4 Å². The summed E-state index contributed by atoms with van der Waals surface area (Å²) in [5.41, 5.74) is 2.97. The quantitative estimate of drug-likeness (QED) is 0.877. The summed E-state index contributed by atoms with van der Waals surface area (Å²) in [7, 11) is 1.46. The van der Waals surface area contributed by atoms with E-state index in [2.05, 4.69) is 10.3 Å². The van der Waals surface area contributed by atoms with E-state index < -0.39 is 0 Å². The molecule has 1 N–H and O–H groups in total. The first-order chi connectivity index (χ1) is 8.79. The van der Waals surface area contributed by atoms with Crippen LogP contribution in [0.2, 0.25) is 0 Å². The lowest BCUT2D eigenvalue weighted by Crippen LogP contribution is -2.24. The van der Waals surface area contributed by atoms with E-state index in [0.717, 1.165) is 36.6 Å². The van der Waals surface area contributed by atoms with Gasteiger partial charge in [-0.1, -0.05) is 0 Å². The lowest BCUT2D eigenvalue weighted by Gasteiger charge is -2.15. The number of ether oxygens (including phenoxy) is 1. The number of halogens is 1. The molecule has 3 rings (SSSR count). The molecule has 2 heterocycles. The topological polar surface area (TPSA) is 39.1 Å². The molecule has 1 aliphatic rings. The van der Waals surface area contributed by atoms with Crippen LogP contribution in [0.15, 0.2) is 24.5 Å². The maximum Gasteiger partial charge on any atom is 0.167 e. The Hall–Kier alpha value is -1.88. The van der Waals surface area contributed by atoms with Crippen molar-refractivity contribution in [3.8, 4) is 11.4 Å². The largest absolute Gasteiger partial charge is 0.494 e. The summed E-state index contributed by atoms with van der Waals surface area (Å²) < 4.78 is 20.6. The van der Waals surface area contributed by atoms with Crippen molar-refractivity contribution >= 4 is 0 Å². The summed E-state index contributed by atoms with van der Waals surface area (Å²) in [6, 6.07) is 4.95. The van der Waals surface area contributed by atoms with Crippen molar-refractivity contribution in [1.82, 2.24) is 14.9 Å². The van der Waals surface area contributed by atoms with Crippen LogP contribution in [0.3, 0.4) is 0 Å². The third-order valence-corrected chi connectivity index (χ3v) is 3.20. The monoisotopic (exact) mass is 247 g/mol. The maximum absolute atomic E-state index is 13.7. The van der Waals surface area contributed by atoms with Gasteiger partial charge in [0, 0.05) is 37.0 Å². The summed E-state index contributed by atoms with van der Waals surface area (Å²) >= 11 is 0. The van der Waals surface area contributed by atoms with Gasteiger partial charge < -0.3 is 14.6 Å². The number of benzene rings is 1. The minimum absolute atomic E-state index is 0.259. The van der Waals surface area contributed by atoms with Crippen LogP contribution in [0.4, 0.5) is 4.39 Å². The SMILES string of the molecule is COc1ccc(-n2cnc3c2CCNC3)cc1F. The number of hydrogen-bond donors (Lipinski definition) is 1. The van der Waals surface area contributed by atoms with E-state index in [1.54, 1.807) is 12.4 Å². The number of imidazole rings is 1. The predicted octanol–water partition coefficient (Wildman–Crippen LogP) is 1.67. The van der Waals surface area contributed by atoms with Gasteiger partial charge in [0.2, 0.25) is 0 Å². The Morgan fingerprint density at radius 3 is 3.11 bits per heavy atom. The fourth-order valence-corrected chi connectivity index (χ4v) is 2.26. The fourth-order valence-electron chi connectivity index (χ4n) is 2.26. The summed E-state index contributed by atoms with van der Waals surface area (Å²) in [5, 5.41) is 3.27. The van der Waals surface area contributed by atoms with E-state index in [0.29, 0.717) is 0 Å². The lowest BCUT2D eigenvalue weighted by molar-refractivity contribution is 0.386. The Kier molecular flexibility index (Phi) is 2.76. The summed E-state index contributed by atoms with van der Waals surface area (Å²) in [4.78, 5) is 4.35. The van der Waals surface area contributed by atoms with Gasteiger partial charge in [0.05, 0.1) is 19.1 Å². The van der Waals surface area contributed by atoms with Crippen molar-refractivity contribution in [1.29, 1.82) is 0 Å². The number of aromatic nitrogens is 2. The summed E-state index contributed by atoms with van der Waals surface area (Å²) in [6.45, 7) is 1.71. The number of rotatable bonds is 2. The minimum atomic E-state index is -0.355. The highest BCUT2D eigenvalue weighted by Gasteiger charge is 2.16. The molecule has 0 saturated carbocycles. The van der Waals surface area contributed by atoms with E-state index in [-0.39, 0.29) is 11.6 Å². The lowest BCUT2D eigenvalue weighted by atomic mass is 10.1. The maximum atomic E-state index is 13.7. The first-order valence-corrected chi connectivity index (χ1v) is 5.89. The van der Waals surface area contributed by atoms with Crippen molar-refractivity contribution < 1.29 is 9.13 Å². The molecular formula is C13H14FN3O. The van der Waals surface area contributed by atoms with Crippen molar-refractivity contribution in [2.24, 2.45) is 0 Å². The molecule has 0 spiro atoms. The van der Waals surface area contributed by atoms with E-state index in [4.69, 9.17) is 4.74 Å². The number of fused-ring (bicyclic) bond motifs is 1. The molecule has 1 aromatic carbocycles. The molecule has 0 unspecified atom stereocenters. The van der Waals surface area contributed by atoms with Gasteiger partial charge in [-0.25, -0.2) is 9.37 Å². The third kappa shape index (κ3) is 1.76. The molecule has 18 heavy (non-hydrogen) atoms. The van der Waals surface area contributed by atoms with Gasteiger partial charge in [0.1, 0.15) is 0 Å². The number of nitrogens with one attached hydrogen (secondary N) is 1. The van der Waals surface area contributed by atoms with Gasteiger partial charge in [-0.2, -0.15) is 0 Å². The van der Waals surface area contributed by atoms with Crippen molar-refractivity contribution in [3.05, 3.63) is 41.7 Å². The van der Waals surface area contributed by atoms with Crippen LogP contribution >= 0.6 is 0 Å². The zero-order valence-electron chi connectivity index (χ0n) is 10.1. The molecule has 0 aliphatic carbocycles. The molecule has 1 aliphatic heterocycles. The molecule has 0 atom stereocenters. The molecule has 2 aromatic rings. The van der Waals surface area contributed by atoms with Crippen molar-refractivity contribution in [3.63, 3.8) is 0 Å². The Morgan fingerprint density at radius 1 is 1.44 bits per heavy atom. The molecular weight excluding hydrogens is 233 g/mol. The summed E-state index contributed by atoms with van der Waals surface area (Å²) in [5.74, 6) is -0.0965. The van der Waals surface area contributed by atoms with E-state index in [9.17, 15) is 4.39 Å². The predicted molar refractivity (Wildman–Crippen MR) is 65.5 cm³/mol. The third-order valence-electron chi connectivity index (χ3n) is 3.20. The van der Waals surface area contributed by atoms with Gasteiger partial charge in [-0.15, -0.1) is 0 Å². The van der Waals surface area contributed by atoms with Crippen LogP contribution < -0.4 is 10.1 Å². The van der Waals surface area contributed by atoms with Crippen LogP contribution in [-0.4, -0.2) is 23.2 Å². The Bertz CT molecular complexity index is 580. The van der Waals surface area contributed by atoms with Crippen molar-refractivity contribution in [2.75, 3.05) is 13.7 Å². The Labute approximate surface area is 104 Å². The highest BCUT2D eigenvalue weighted by atomic mass is 19.1. The standard InChI is InChI=1S/C13H14FN3O/c1-18-13-3-2-9(6-10(13)14)17-8-16-11-7-15-5-4-12(11)17/h2-3,6,8,15H,4-5,7H2,1H3. The zero-order chi connectivity index (χ0) is 12.5. The Balaban J connectivity index is 2.04. The molecule has 0 saturated heterocycles. The van der Waals surface area contributed by atoms with Crippen molar-refractivity contribution in [2.45, 2.75) is 13.0 Å². The van der Waals surface area contributed by atoms with Gasteiger partial charge in [0.15, 0.2) is 11.6 Å². The van der Waals surface area contributed by atoms with Gasteiger partial charge in [0.25, 0.3) is 0 Å². The van der Waals surface area contributed by atoms with Crippen LogP contribution in [0, 0.1) is 5.82 Å². The molecule has 0 fully saturated rings.